The summed E-state index contributed by atoms with van der Waals surface area (Å²) < 4.78 is 10.2. The van der Waals surface area contributed by atoms with Crippen LogP contribution in [0.3, 0.4) is 0 Å². The predicted molar refractivity (Wildman–Crippen MR) is 64.3 cm³/mol. The molecule has 1 fully saturated rings. The van der Waals surface area contributed by atoms with Crippen molar-refractivity contribution < 1.29 is 14.3 Å². The molecule has 1 aromatic rings. The molecule has 1 heterocycles. The third kappa shape index (κ3) is 2.25. The quantitative estimate of drug-likeness (QED) is 0.624. The maximum absolute atomic E-state index is 11.6. The summed E-state index contributed by atoms with van der Waals surface area (Å²) in [7, 11) is 1.58. The molecule has 4 nitrogen and oxygen atoms in total. The summed E-state index contributed by atoms with van der Waals surface area (Å²) in [5.74, 6) is 0.343. The molecule has 1 saturated heterocycles. The van der Waals surface area contributed by atoms with Crippen LogP contribution in [0, 0.1) is 0 Å². The number of rotatable bonds is 2. The minimum atomic E-state index is -0.320. The summed E-state index contributed by atoms with van der Waals surface area (Å²) in [5, 5.41) is 0. The van der Waals surface area contributed by atoms with Crippen LogP contribution in [0.25, 0.3) is 5.70 Å². The Kier molecular flexibility index (Phi) is 3.32. The highest BCUT2D eigenvalue weighted by Crippen LogP contribution is 2.28. The highest BCUT2D eigenvalue weighted by Gasteiger charge is 2.21. The van der Waals surface area contributed by atoms with Gasteiger partial charge in [-0.3, -0.25) is 0 Å². The number of ether oxygens (including phenoxy) is 2. The van der Waals surface area contributed by atoms with E-state index in [1.165, 1.54) is 0 Å². The van der Waals surface area contributed by atoms with Crippen molar-refractivity contribution in [2.45, 2.75) is 12.8 Å². The van der Waals surface area contributed by atoms with Gasteiger partial charge in [0.05, 0.1) is 25.0 Å². The molecule has 0 unspecified atom stereocenters. The zero-order chi connectivity index (χ0) is 12.3. The van der Waals surface area contributed by atoms with Gasteiger partial charge in [0, 0.05) is 5.56 Å². The van der Waals surface area contributed by atoms with E-state index in [4.69, 9.17) is 15.2 Å². The molecule has 0 aliphatic carbocycles. The number of carbonyl (C=O) groups excluding carboxylic acids is 1. The van der Waals surface area contributed by atoms with Crippen molar-refractivity contribution in [3.05, 3.63) is 35.4 Å². The van der Waals surface area contributed by atoms with Gasteiger partial charge in [0.15, 0.2) is 0 Å². The lowest BCUT2D eigenvalue weighted by Gasteiger charge is -2.17. The van der Waals surface area contributed by atoms with Crippen LogP contribution < -0.4 is 10.5 Å². The summed E-state index contributed by atoms with van der Waals surface area (Å²) in [5.41, 5.74) is 7.77. The first kappa shape index (κ1) is 11.5. The zero-order valence-corrected chi connectivity index (χ0v) is 9.73. The third-order valence-electron chi connectivity index (χ3n) is 2.77. The molecule has 0 spiro atoms. The SMILES string of the molecule is COc1ccccc1/C(N)=C1/CCCOC1=O. The maximum atomic E-state index is 11.6. The molecule has 4 heteroatoms. The number of benzene rings is 1. The van der Waals surface area contributed by atoms with E-state index in [-0.39, 0.29) is 5.97 Å². The van der Waals surface area contributed by atoms with E-state index in [0.717, 1.165) is 12.0 Å². The summed E-state index contributed by atoms with van der Waals surface area (Å²) in [6.45, 7) is 0.474. The highest BCUT2D eigenvalue weighted by molar-refractivity contribution is 5.98. The lowest BCUT2D eigenvalue weighted by molar-refractivity contribution is -0.141. The smallest absolute Gasteiger partial charge is 0.336 e. The van der Waals surface area contributed by atoms with E-state index < -0.39 is 0 Å². The van der Waals surface area contributed by atoms with E-state index in [1.54, 1.807) is 7.11 Å². The predicted octanol–water partition coefficient (Wildman–Crippen LogP) is 1.70. The van der Waals surface area contributed by atoms with E-state index in [0.29, 0.717) is 30.0 Å². The normalized spacial score (nSPS) is 18.5. The molecular weight excluding hydrogens is 218 g/mol. The molecule has 2 rings (SSSR count). The molecule has 1 aromatic carbocycles. The van der Waals surface area contributed by atoms with Crippen LogP contribution in [0.2, 0.25) is 0 Å². The van der Waals surface area contributed by atoms with Crippen LogP contribution in [0.5, 0.6) is 5.75 Å². The topological polar surface area (TPSA) is 61.6 Å². The van der Waals surface area contributed by atoms with Gasteiger partial charge in [-0.25, -0.2) is 4.79 Å². The standard InChI is InChI=1S/C13H15NO3/c1-16-11-7-3-2-5-9(11)12(14)10-6-4-8-17-13(10)15/h2-3,5,7H,4,6,8,14H2,1H3/b12-10+. The summed E-state index contributed by atoms with van der Waals surface area (Å²) in [6, 6.07) is 7.37. The maximum Gasteiger partial charge on any atom is 0.336 e. The van der Waals surface area contributed by atoms with Crippen LogP contribution in [-0.2, 0) is 9.53 Å². The van der Waals surface area contributed by atoms with Crippen molar-refractivity contribution in [1.29, 1.82) is 0 Å². The molecule has 0 bridgehead atoms. The second-order valence-corrected chi connectivity index (χ2v) is 3.83. The van der Waals surface area contributed by atoms with E-state index in [9.17, 15) is 4.79 Å². The van der Waals surface area contributed by atoms with Gasteiger partial charge in [-0.15, -0.1) is 0 Å². The van der Waals surface area contributed by atoms with Crippen molar-refractivity contribution >= 4 is 11.7 Å². The van der Waals surface area contributed by atoms with Gasteiger partial charge in [-0.1, -0.05) is 12.1 Å². The molecule has 2 N–H and O–H groups in total. The molecule has 0 saturated carbocycles. The summed E-state index contributed by atoms with van der Waals surface area (Å²) in [4.78, 5) is 11.6. The lowest BCUT2D eigenvalue weighted by atomic mass is 10.0. The number of nitrogens with two attached hydrogens (primary N) is 1. The lowest BCUT2D eigenvalue weighted by Crippen LogP contribution is -2.19. The van der Waals surface area contributed by atoms with E-state index >= 15 is 0 Å². The van der Waals surface area contributed by atoms with Crippen LogP contribution in [0.15, 0.2) is 29.8 Å². The van der Waals surface area contributed by atoms with E-state index in [1.807, 2.05) is 24.3 Å². The zero-order valence-electron chi connectivity index (χ0n) is 9.73. The minimum absolute atomic E-state index is 0.320. The summed E-state index contributed by atoms with van der Waals surface area (Å²) >= 11 is 0. The van der Waals surface area contributed by atoms with Crippen molar-refractivity contribution in [2.75, 3.05) is 13.7 Å². The van der Waals surface area contributed by atoms with Gasteiger partial charge < -0.3 is 15.2 Å². The number of esters is 1. The minimum Gasteiger partial charge on any atom is -0.496 e. The van der Waals surface area contributed by atoms with E-state index in [2.05, 4.69) is 0 Å². The van der Waals surface area contributed by atoms with Gasteiger partial charge in [-0.2, -0.15) is 0 Å². The van der Waals surface area contributed by atoms with Crippen LogP contribution in [-0.4, -0.2) is 19.7 Å². The molecule has 1 aliphatic rings. The fraction of sp³-hybridized carbons (Fsp3) is 0.308. The Morgan fingerprint density at radius 2 is 2.18 bits per heavy atom. The van der Waals surface area contributed by atoms with Gasteiger partial charge >= 0.3 is 5.97 Å². The van der Waals surface area contributed by atoms with Crippen LogP contribution >= 0.6 is 0 Å². The number of methoxy groups -OCH3 is 1. The highest BCUT2D eigenvalue weighted by atomic mass is 16.5. The van der Waals surface area contributed by atoms with Gasteiger partial charge in [0.25, 0.3) is 0 Å². The molecule has 0 aromatic heterocycles. The van der Waals surface area contributed by atoms with Crippen molar-refractivity contribution in [2.24, 2.45) is 5.73 Å². The second kappa shape index (κ2) is 4.91. The van der Waals surface area contributed by atoms with Crippen LogP contribution in [0.1, 0.15) is 18.4 Å². The van der Waals surface area contributed by atoms with Gasteiger partial charge in [-0.05, 0) is 25.0 Å². The van der Waals surface area contributed by atoms with Gasteiger partial charge in [0.2, 0.25) is 0 Å². The average Bonchev–Trinajstić information content (AvgIpc) is 2.38. The molecule has 0 atom stereocenters. The fourth-order valence-corrected chi connectivity index (χ4v) is 1.88. The molecule has 1 aliphatic heterocycles. The number of hydrogen-bond donors (Lipinski definition) is 1. The Hall–Kier alpha value is -1.97. The first-order chi connectivity index (χ1) is 8.24. The monoisotopic (exact) mass is 233 g/mol. The molecular formula is C13H15NO3. The number of hydrogen-bond acceptors (Lipinski definition) is 4. The largest absolute Gasteiger partial charge is 0.496 e. The second-order valence-electron chi connectivity index (χ2n) is 3.83. The Balaban J connectivity index is 2.44. The van der Waals surface area contributed by atoms with Crippen LogP contribution in [0.4, 0.5) is 0 Å². The molecule has 0 amide bonds. The third-order valence-corrected chi connectivity index (χ3v) is 2.77. The first-order valence-corrected chi connectivity index (χ1v) is 5.53. The molecule has 0 radical (unpaired) electrons. The fourth-order valence-electron chi connectivity index (χ4n) is 1.88. The number of carbonyl (C=O) groups is 1. The number of cyclic esters (lactones) is 1. The van der Waals surface area contributed by atoms with Crippen molar-refractivity contribution in [3.8, 4) is 5.75 Å². The average molecular weight is 233 g/mol. The Morgan fingerprint density at radius 3 is 2.88 bits per heavy atom. The molecule has 90 valence electrons. The summed E-state index contributed by atoms with van der Waals surface area (Å²) in [6.07, 6.45) is 1.47. The number of para-hydroxylation sites is 1. The van der Waals surface area contributed by atoms with Crippen molar-refractivity contribution in [3.63, 3.8) is 0 Å². The first-order valence-electron chi connectivity index (χ1n) is 5.53. The Morgan fingerprint density at radius 1 is 1.41 bits per heavy atom. The Labute approximate surface area is 100 Å². The van der Waals surface area contributed by atoms with Crippen molar-refractivity contribution in [1.82, 2.24) is 0 Å². The Bertz CT molecular complexity index is 465. The van der Waals surface area contributed by atoms with Gasteiger partial charge in [0.1, 0.15) is 5.75 Å². The molecule has 17 heavy (non-hydrogen) atoms.